The summed E-state index contributed by atoms with van der Waals surface area (Å²) in [5.74, 6) is 1.01. The van der Waals surface area contributed by atoms with Gasteiger partial charge < -0.3 is 14.2 Å². The fourth-order valence-electron chi connectivity index (χ4n) is 2.24. The van der Waals surface area contributed by atoms with Gasteiger partial charge >= 0.3 is 5.97 Å². The van der Waals surface area contributed by atoms with Gasteiger partial charge in [0, 0.05) is 0 Å². The molecule has 1 aliphatic heterocycles. The van der Waals surface area contributed by atoms with Crippen molar-refractivity contribution in [3.05, 3.63) is 59.2 Å². The van der Waals surface area contributed by atoms with Crippen molar-refractivity contribution in [1.82, 2.24) is 0 Å². The van der Waals surface area contributed by atoms with Crippen LogP contribution in [0.15, 0.2) is 42.5 Å². The Labute approximate surface area is 129 Å². The minimum Gasteiger partial charge on any atom is -0.486 e. The highest BCUT2D eigenvalue weighted by atomic mass is 16.6. The number of rotatable bonds is 2. The largest absolute Gasteiger partial charge is 0.486 e. The molecule has 1 unspecified atom stereocenters. The van der Waals surface area contributed by atoms with E-state index in [1.54, 1.807) is 12.1 Å². The van der Waals surface area contributed by atoms with E-state index in [0.29, 0.717) is 17.1 Å². The lowest BCUT2D eigenvalue weighted by molar-refractivity contribution is 0.00856. The van der Waals surface area contributed by atoms with Crippen LogP contribution in [0.4, 0.5) is 0 Å². The van der Waals surface area contributed by atoms with Gasteiger partial charge in [-0.25, -0.2) is 4.79 Å². The summed E-state index contributed by atoms with van der Waals surface area (Å²) in [5.41, 5.74) is 2.73. The quantitative estimate of drug-likeness (QED) is 0.798. The molecule has 1 atom stereocenters. The van der Waals surface area contributed by atoms with Crippen molar-refractivity contribution in [1.29, 1.82) is 0 Å². The van der Waals surface area contributed by atoms with Gasteiger partial charge in [0.2, 0.25) is 0 Å². The number of carbonyl (C=O) groups excluding carboxylic acids is 1. The van der Waals surface area contributed by atoms with Gasteiger partial charge in [0.1, 0.15) is 13.2 Å². The van der Waals surface area contributed by atoms with E-state index < -0.39 is 6.10 Å². The highest BCUT2D eigenvalue weighted by Gasteiger charge is 2.22. The third-order valence-corrected chi connectivity index (χ3v) is 3.51. The molecule has 2 aromatic rings. The van der Waals surface area contributed by atoms with Gasteiger partial charge in [-0.1, -0.05) is 23.8 Å². The lowest BCUT2D eigenvalue weighted by Crippen LogP contribution is -2.29. The molecule has 3 rings (SSSR count). The van der Waals surface area contributed by atoms with Crippen LogP contribution in [0.3, 0.4) is 0 Å². The van der Waals surface area contributed by atoms with Crippen molar-refractivity contribution < 1.29 is 19.0 Å². The number of carbonyl (C=O) groups is 1. The van der Waals surface area contributed by atoms with Crippen molar-refractivity contribution >= 4 is 5.97 Å². The summed E-state index contributed by atoms with van der Waals surface area (Å²) in [6.45, 7) is 4.53. The zero-order valence-electron chi connectivity index (χ0n) is 12.7. The van der Waals surface area contributed by atoms with E-state index in [-0.39, 0.29) is 19.2 Å². The van der Waals surface area contributed by atoms with Gasteiger partial charge in [0.15, 0.2) is 17.6 Å². The summed E-state index contributed by atoms with van der Waals surface area (Å²) >= 11 is 0. The van der Waals surface area contributed by atoms with E-state index in [1.165, 1.54) is 0 Å². The average Bonchev–Trinajstić information content (AvgIpc) is 2.70. The fraction of sp³-hybridized carbons (Fsp3) is 0.278. The molecule has 0 spiro atoms. The SMILES string of the molecule is Cc1ccc(C(=O)OC2COc3ccc(C)cc3OC2)cc1. The van der Waals surface area contributed by atoms with Crippen LogP contribution < -0.4 is 9.47 Å². The maximum Gasteiger partial charge on any atom is 0.338 e. The molecule has 0 amide bonds. The molecule has 0 aromatic heterocycles. The molecule has 0 radical (unpaired) electrons. The second-order valence-corrected chi connectivity index (χ2v) is 5.47. The van der Waals surface area contributed by atoms with Gasteiger partial charge in [0.25, 0.3) is 0 Å². The number of aryl methyl sites for hydroxylation is 2. The number of hydrogen-bond acceptors (Lipinski definition) is 4. The molecule has 4 nitrogen and oxygen atoms in total. The first-order chi connectivity index (χ1) is 10.6. The molecule has 4 heteroatoms. The predicted octanol–water partition coefficient (Wildman–Crippen LogP) is 3.30. The molecule has 0 saturated heterocycles. The first-order valence-electron chi connectivity index (χ1n) is 7.26. The van der Waals surface area contributed by atoms with Crippen LogP contribution in [-0.4, -0.2) is 25.3 Å². The summed E-state index contributed by atoms with van der Waals surface area (Å²) in [4.78, 5) is 12.1. The molecule has 0 fully saturated rings. The van der Waals surface area contributed by atoms with Crippen molar-refractivity contribution in [2.75, 3.05) is 13.2 Å². The fourth-order valence-corrected chi connectivity index (χ4v) is 2.24. The maximum absolute atomic E-state index is 12.1. The van der Waals surface area contributed by atoms with Crippen molar-refractivity contribution in [3.8, 4) is 11.5 Å². The van der Waals surface area contributed by atoms with Gasteiger partial charge in [-0.15, -0.1) is 0 Å². The van der Waals surface area contributed by atoms with Crippen LogP contribution in [0.2, 0.25) is 0 Å². The van der Waals surface area contributed by atoms with E-state index in [1.807, 2.05) is 44.2 Å². The number of benzene rings is 2. The standard InChI is InChI=1S/C18H18O4/c1-12-3-6-14(7-4-12)18(19)22-15-10-20-16-8-5-13(2)9-17(16)21-11-15/h3-9,15H,10-11H2,1-2H3. The third kappa shape index (κ3) is 3.22. The lowest BCUT2D eigenvalue weighted by atomic mass is 10.1. The van der Waals surface area contributed by atoms with Crippen LogP contribution in [0.25, 0.3) is 0 Å². The molecule has 0 bridgehead atoms. The molecule has 0 aliphatic carbocycles. The Balaban J connectivity index is 1.65. The Morgan fingerprint density at radius 2 is 1.59 bits per heavy atom. The first-order valence-corrected chi connectivity index (χ1v) is 7.26. The smallest absolute Gasteiger partial charge is 0.338 e. The second-order valence-electron chi connectivity index (χ2n) is 5.47. The van der Waals surface area contributed by atoms with Crippen LogP contribution in [0.5, 0.6) is 11.5 Å². The Hall–Kier alpha value is -2.49. The van der Waals surface area contributed by atoms with Crippen molar-refractivity contribution in [3.63, 3.8) is 0 Å². The van der Waals surface area contributed by atoms with E-state index in [9.17, 15) is 4.79 Å². The van der Waals surface area contributed by atoms with E-state index in [0.717, 1.165) is 11.1 Å². The molecule has 1 heterocycles. The molecular weight excluding hydrogens is 280 g/mol. The van der Waals surface area contributed by atoms with Gasteiger partial charge in [-0.05, 0) is 43.7 Å². The first kappa shape index (κ1) is 14.4. The van der Waals surface area contributed by atoms with E-state index in [2.05, 4.69) is 0 Å². The maximum atomic E-state index is 12.1. The number of ether oxygens (including phenoxy) is 3. The van der Waals surface area contributed by atoms with Crippen LogP contribution in [0.1, 0.15) is 21.5 Å². The molecule has 2 aromatic carbocycles. The topological polar surface area (TPSA) is 44.8 Å². The van der Waals surface area contributed by atoms with Gasteiger partial charge in [0.05, 0.1) is 5.56 Å². The number of hydrogen-bond donors (Lipinski definition) is 0. The lowest BCUT2D eigenvalue weighted by Gasteiger charge is -2.14. The normalized spacial score (nSPS) is 16.7. The average molecular weight is 298 g/mol. The molecule has 0 N–H and O–H groups in total. The number of fused-ring (bicyclic) bond motifs is 1. The predicted molar refractivity (Wildman–Crippen MR) is 82.6 cm³/mol. The highest BCUT2D eigenvalue weighted by Crippen LogP contribution is 2.30. The van der Waals surface area contributed by atoms with Crippen LogP contribution in [-0.2, 0) is 4.74 Å². The van der Waals surface area contributed by atoms with E-state index >= 15 is 0 Å². The molecule has 22 heavy (non-hydrogen) atoms. The molecule has 1 aliphatic rings. The van der Waals surface area contributed by atoms with Crippen molar-refractivity contribution in [2.45, 2.75) is 20.0 Å². The third-order valence-electron chi connectivity index (χ3n) is 3.51. The Morgan fingerprint density at radius 3 is 2.32 bits per heavy atom. The molecule has 0 saturated carbocycles. The summed E-state index contributed by atoms with van der Waals surface area (Å²) in [5, 5.41) is 0. The van der Waals surface area contributed by atoms with E-state index in [4.69, 9.17) is 14.2 Å². The minimum atomic E-state index is -0.429. The second kappa shape index (κ2) is 6.10. The van der Waals surface area contributed by atoms with Gasteiger partial charge in [-0.2, -0.15) is 0 Å². The summed E-state index contributed by atoms with van der Waals surface area (Å²) in [6, 6.07) is 13.0. The minimum absolute atomic E-state index is 0.285. The Bertz CT molecular complexity index is 676. The highest BCUT2D eigenvalue weighted by molar-refractivity contribution is 5.89. The summed E-state index contributed by atoms with van der Waals surface area (Å²) < 4.78 is 16.8. The Kier molecular flexibility index (Phi) is 4.00. The van der Waals surface area contributed by atoms with Crippen LogP contribution >= 0.6 is 0 Å². The van der Waals surface area contributed by atoms with Crippen LogP contribution in [0, 0.1) is 13.8 Å². The molecular formula is C18H18O4. The molecule has 114 valence electrons. The summed E-state index contributed by atoms with van der Waals surface area (Å²) in [6.07, 6.45) is -0.429. The van der Waals surface area contributed by atoms with Crippen molar-refractivity contribution in [2.24, 2.45) is 0 Å². The Morgan fingerprint density at radius 1 is 0.955 bits per heavy atom. The number of esters is 1. The van der Waals surface area contributed by atoms with Gasteiger partial charge in [-0.3, -0.25) is 0 Å². The zero-order chi connectivity index (χ0) is 15.5. The summed E-state index contributed by atoms with van der Waals surface area (Å²) in [7, 11) is 0. The monoisotopic (exact) mass is 298 g/mol. The zero-order valence-corrected chi connectivity index (χ0v) is 12.7.